The zero-order valence-electron chi connectivity index (χ0n) is 12.7. The lowest BCUT2D eigenvalue weighted by Gasteiger charge is -2.12. The van der Waals surface area contributed by atoms with Crippen molar-refractivity contribution in [3.05, 3.63) is 46.2 Å². The first-order chi connectivity index (χ1) is 10.8. The summed E-state index contributed by atoms with van der Waals surface area (Å²) < 4.78 is 11.0. The average Bonchev–Trinajstić information content (AvgIpc) is 3.05. The highest BCUT2D eigenvalue weighted by atomic mass is 32.1. The number of hydrogen-bond donors (Lipinski definition) is 1. The fourth-order valence-corrected chi connectivity index (χ4v) is 2.69. The molecule has 116 valence electrons. The Kier molecular flexibility index (Phi) is 6.75. The first-order valence-corrected chi connectivity index (χ1v) is 8.11. The van der Waals surface area contributed by atoms with Crippen LogP contribution in [0.4, 0.5) is 0 Å². The van der Waals surface area contributed by atoms with E-state index in [1.54, 1.807) is 18.4 Å². The Hall–Kier alpha value is -2.03. The molecule has 0 unspecified atom stereocenters. The lowest BCUT2D eigenvalue weighted by Crippen LogP contribution is -2.12. The highest BCUT2D eigenvalue weighted by Gasteiger charge is 2.06. The van der Waals surface area contributed by atoms with Gasteiger partial charge in [0.2, 0.25) is 0 Å². The number of nitrogens with zero attached hydrogens (tertiary/aromatic N) is 1. The van der Waals surface area contributed by atoms with Gasteiger partial charge in [-0.1, -0.05) is 12.1 Å². The Balaban J connectivity index is 1.89. The molecule has 0 aliphatic heterocycles. The third-order valence-electron chi connectivity index (χ3n) is 3.13. The van der Waals surface area contributed by atoms with E-state index in [1.165, 1.54) is 4.88 Å². The Bertz CT molecular complexity index is 606. The van der Waals surface area contributed by atoms with E-state index in [4.69, 9.17) is 14.7 Å². The number of nitrogens with one attached hydrogen (secondary N) is 1. The summed E-state index contributed by atoms with van der Waals surface area (Å²) >= 11 is 1.75. The lowest BCUT2D eigenvalue weighted by molar-refractivity contribution is 0.290. The fourth-order valence-electron chi connectivity index (χ4n) is 2.02. The van der Waals surface area contributed by atoms with E-state index in [0.29, 0.717) is 13.0 Å². The number of methoxy groups -OCH3 is 1. The maximum atomic E-state index is 8.55. The van der Waals surface area contributed by atoms with Gasteiger partial charge in [0.1, 0.15) is 0 Å². The van der Waals surface area contributed by atoms with Gasteiger partial charge >= 0.3 is 0 Å². The van der Waals surface area contributed by atoms with Crippen LogP contribution in [0.25, 0.3) is 0 Å². The zero-order chi connectivity index (χ0) is 15.6. The second-order valence-corrected chi connectivity index (χ2v) is 5.81. The van der Waals surface area contributed by atoms with Gasteiger partial charge in [0.15, 0.2) is 11.5 Å². The highest BCUT2D eigenvalue weighted by molar-refractivity contribution is 7.09. The monoisotopic (exact) mass is 316 g/mol. The molecule has 5 heteroatoms. The largest absolute Gasteiger partial charge is 0.493 e. The van der Waals surface area contributed by atoms with Gasteiger partial charge in [-0.2, -0.15) is 5.26 Å². The van der Waals surface area contributed by atoms with Gasteiger partial charge in [0.05, 0.1) is 19.8 Å². The second kappa shape index (κ2) is 9.08. The molecule has 0 aliphatic rings. The number of ether oxygens (including phenoxy) is 2. The molecule has 0 saturated carbocycles. The first kappa shape index (κ1) is 16.3. The van der Waals surface area contributed by atoms with Crippen LogP contribution in [0.2, 0.25) is 0 Å². The van der Waals surface area contributed by atoms with Crippen LogP contribution >= 0.6 is 11.3 Å². The van der Waals surface area contributed by atoms with Gasteiger partial charge in [0, 0.05) is 24.4 Å². The second-order valence-electron chi connectivity index (χ2n) is 4.78. The van der Waals surface area contributed by atoms with Gasteiger partial charge in [-0.25, -0.2) is 0 Å². The third kappa shape index (κ3) is 5.06. The van der Waals surface area contributed by atoms with E-state index in [9.17, 15) is 0 Å². The Morgan fingerprint density at radius 1 is 1.23 bits per heavy atom. The van der Waals surface area contributed by atoms with Gasteiger partial charge in [-0.3, -0.25) is 0 Å². The fraction of sp³-hybridized carbons (Fsp3) is 0.353. The molecule has 4 nitrogen and oxygen atoms in total. The standard InChI is InChI=1S/C17H20N2O2S/c1-20-16-7-6-14(11-17(16)21-9-3-2-8-18)12-19-13-15-5-4-10-22-15/h4-7,10-11,19H,2-3,9,12-13H2,1H3. The van der Waals surface area contributed by atoms with Crippen molar-refractivity contribution >= 4 is 11.3 Å². The molecule has 2 aromatic rings. The van der Waals surface area contributed by atoms with Gasteiger partial charge < -0.3 is 14.8 Å². The summed E-state index contributed by atoms with van der Waals surface area (Å²) in [6.45, 7) is 2.16. The number of unbranched alkanes of at least 4 members (excludes halogenated alkanes) is 1. The molecular formula is C17H20N2O2S. The normalized spacial score (nSPS) is 10.2. The van der Waals surface area contributed by atoms with Crippen molar-refractivity contribution in [1.29, 1.82) is 5.26 Å². The highest BCUT2D eigenvalue weighted by Crippen LogP contribution is 2.28. The predicted octanol–water partition coefficient (Wildman–Crippen LogP) is 3.73. The molecule has 0 atom stereocenters. The minimum absolute atomic E-state index is 0.504. The maximum absolute atomic E-state index is 8.55. The van der Waals surface area contributed by atoms with Crippen LogP contribution in [0.1, 0.15) is 23.3 Å². The summed E-state index contributed by atoms with van der Waals surface area (Å²) in [6, 6.07) is 12.2. The Morgan fingerprint density at radius 3 is 2.86 bits per heavy atom. The third-order valence-corrected chi connectivity index (χ3v) is 4.00. The van der Waals surface area contributed by atoms with E-state index in [1.807, 2.05) is 18.2 Å². The summed E-state index contributed by atoms with van der Waals surface area (Å²) in [4.78, 5) is 1.32. The van der Waals surface area contributed by atoms with Crippen LogP contribution < -0.4 is 14.8 Å². The molecule has 0 aliphatic carbocycles. The molecule has 0 radical (unpaired) electrons. The van der Waals surface area contributed by atoms with Crippen molar-refractivity contribution < 1.29 is 9.47 Å². The molecule has 1 N–H and O–H groups in total. The van der Waals surface area contributed by atoms with E-state index in [-0.39, 0.29) is 0 Å². The summed E-state index contributed by atoms with van der Waals surface area (Å²) in [6.07, 6.45) is 1.23. The SMILES string of the molecule is COc1ccc(CNCc2cccs2)cc1OCCCC#N. The smallest absolute Gasteiger partial charge is 0.161 e. The number of rotatable bonds is 9. The minimum atomic E-state index is 0.504. The molecule has 0 fully saturated rings. The van der Waals surface area contributed by atoms with Crippen LogP contribution in [-0.2, 0) is 13.1 Å². The van der Waals surface area contributed by atoms with Crippen molar-refractivity contribution in [3.8, 4) is 17.6 Å². The number of nitriles is 1. The predicted molar refractivity (Wildman–Crippen MR) is 88.2 cm³/mol. The quantitative estimate of drug-likeness (QED) is 0.716. The molecule has 1 heterocycles. The van der Waals surface area contributed by atoms with Crippen molar-refractivity contribution in [1.82, 2.24) is 5.32 Å². The molecule has 2 rings (SSSR count). The molecule has 1 aromatic heterocycles. The summed E-state index contributed by atoms with van der Waals surface area (Å²) in [7, 11) is 1.63. The number of thiophene rings is 1. The number of hydrogen-bond acceptors (Lipinski definition) is 5. The summed E-state index contributed by atoms with van der Waals surface area (Å²) in [5.74, 6) is 1.45. The molecule has 0 bridgehead atoms. The van der Waals surface area contributed by atoms with Crippen LogP contribution in [-0.4, -0.2) is 13.7 Å². The molecule has 22 heavy (non-hydrogen) atoms. The van der Waals surface area contributed by atoms with Crippen LogP contribution in [0.15, 0.2) is 35.7 Å². The van der Waals surface area contributed by atoms with Crippen molar-refractivity contribution in [3.63, 3.8) is 0 Å². The van der Waals surface area contributed by atoms with Crippen molar-refractivity contribution in [2.45, 2.75) is 25.9 Å². The summed E-state index contributed by atoms with van der Waals surface area (Å²) in [5, 5.41) is 14.0. The molecule has 0 spiro atoms. The topological polar surface area (TPSA) is 54.3 Å². The minimum Gasteiger partial charge on any atom is -0.493 e. The number of benzene rings is 1. The molecule has 0 saturated heterocycles. The van der Waals surface area contributed by atoms with E-state index >= 15 is 0 Å². The van der Waals surface area contributed by atoms with E-state index < -0.39 is 0 Å². The Morgan fingerprint density at radius 2 is 2.14 bits per heavy atom. The molecule has 1 aromatic carbocycles. The Labute approximate surface area is 135 Å². The zero-order valence-corrected chi connectivity index (χ0v) is 13.5. The van der Waals surface area contributed by atoms with Crippen molar-refractivity contribution in [2.75, 3.05) is 13.7 Å². The van der Waals surface area contributed by atoms with Gasteiger partial charge in [0.25, 0.3) is 0 Å². The van der Waals surface area contributed by atoms with E-state index in [2.05, 4.69) is 28.9 Å². The first-order valence-electron chi connectivity index (χ1n) is 7.23. The van der Waals surface area contributed by atoms with E-state index in [0.717, 1.165) is 36.6 Å². The summed E-state index contributed by atoms with van der Waals surface area (Å²) in [5.41, 5.74) is 1.15. The van der Waals surface area contributed by atoms with Gasteiger partial charge in [-0.05, 0) is 35.6 Å². The average molecular weight is 316 g/mol. The van der Waals surface area contributed by atoms with Crippen LogP contribution in [0.5, 0.6) is 11.5 Å². The maximum Gasteiger partial charge on any atom is 0.161 e. The molecule has 0 amide bonds. The van der Waals surface area contributed by atoms with Crippen LogP contribution in [0.3, 0.4) is 0 Å². The van der Waals surface area contributed by atoms with Gasteiger partial charge in [-0.15, -0.1) is 11.3 Å². The van der Waals surface area contributed by atoms with Crippen molar-refractivity contribution in [2.24, 2.45) is 0 Å². The van der Waals surface area contributed by atoms with Crippen LogP contribution in [0, 0.1) is 11.3 Å². The lowest BCUT2D eigenvalue weighted by atomic mass is 10.2. The molecular weight excluding hydrogens is 296 g/mol.